The summed E-state index contributed by atoms with van der Waals surface area (Å²) >= 11 is 0. The predicted octanol–water partition coefficient (Wildman–Crippen LogP) is 3.04. The molecular weight excluding hydrogens is 385 g/mol. The molecule has 1 atom stereocenters. The third-order valence-electron chi connectivity index (χ3n) is 6.18. The van der Waals surface area contributed by atoms with E-state index in [0.29, 0.717) is 12.1 Å². The molecule has 1 saturated heterocycles. The molecule has 0 bridgehead atoms. The molecule has 1 heterocycles. The van der Waals surface area contributed by atoms with Crippen LogP contribution in [-0.2, 0) is 16.9 Å². The number of nitrogens with zero attached hydrogens (tertiary/aromatic N) is 2. The molecule has 2 aromatic rings. The van der Waals surface area contributed by atoms with Crippen molar-refractivity contribution in [3.63, 3.8) is 0 Å². The predicted molar refractivity (Wildman–Crippen MR) is 117 cm³/mol. The number of nitriles is 1. The Morgan fingerprint density at radius 1 is 1.10 bits per heavy atom. The number of carbonyl (C=O) groups excluding carboxylic acids is 1. The zero-order chi connectivity index (χ0) is 21.1. The van der Waals surface area contributed by atoms with Gasteiger partial charge in [0.1, 0.15) is 0 Å². The van der Waals surface area contributed by atoms with E-state index in [9.17, 15) is 9.59 Å². The van der Waals surface area contributed by atoms with Crippen molar-refractivity contribution in [1.29, 1.82) is 5.26 Å². The van der Waals surface area contributed by atoms with Crippen LogP contribution in [0.2, 0.25) is 0 Å². The molecule has 0 spiro atoms. The summed E-state index contributed by atoms with van der Waals surface area (Å²) in [6, 6.07) is 16.3. The first-order chi connectivity index (χ1) is 14.5. The molecular formula is C24H25LiN3O3. The molecule has 4 rings (SSSR count). The second-order valence-corrected chi connectivity index (χ2v) is 8.24. The van der Waals surface area contributed by atoms with Gasteiger partial charge in [-0.1, -0.05) is 30.7 Å². The van der Waals surface area contributed by atoms with Gasteiger partial charge in [0.05, 0.1) is 28.8 Å². The Labute approximate surface area is 194 Å². The van der Waals surface area contributed by atoms with Crippen molar-refractivity contribution in [2.45, 2.75) is 50.2 Å². The molecule has 31 heavy (non-hydrogen) atoms. The van der Waals surface area contributed by atoms with Crippen molar-refractivity contribution < 1.29 is 14.7 Å². The number of aromatic carboxylic acids is 1. The van der Waals surface area contributed by atoms with Gasteiger partial charge < -0.3 is 10.4 Å². The Morgan fingerprint density at radius 3 is 2.35 bits per heavy atom. The number of carbonyl (C=O) groups is 2. The summed E-state index contributed by atoms with van der Waals surface area (Å²) in [7, 11) is 0. The standard InChI is InChI=1S/C24H25N3O3.Li/c25-15-17-4-6-18(7-5-17)16-27-14-2-1-3-21(27)22(28)26-24(12-13-24)20-10-8-19(9-11-20)23(29)30;/h4-11,21H,1-3,12-14,16H2,(H,26,28)(H,29,30);/t21-;/m1./s1. The van der Waals surface area contributed by atoms with Crippen LogP contribution in [0.4, 0.5) is 0 Å². The van der Waals surface area contributed by atoms with E-state index in [-0.39, 0.29) is 41.9 Å². The molecule has 2 aromatic carbocycles. The molecule has 1 aliphatic heterocycles. The number of rotatable bonds is 6. The Bertz CT molecular complexity index is 979. The number of nitrogens with one attached hydrogen (secondary N) is 1. The molecule has 7 heteroatoms. The molecule has 1 saturated carbocycles. The van der Waals surface area contributed by atoms with Crippen LogP contribution in [0, 0.1) is 11.3 Å². The summed E-state index contributed by atoms with van der Waals surface area (Å²) in [4.78, 5) is 26.5. The Hall–Kier alpha value is -2.57. The van der Waals surface area contributed by atoms with Crippen molar-refractivity contribution in [3.8, 4) is 6.07 Å². The van der Waals surface area contributed by atoms with Gasteiger partial charge in [0.25, 0.3) is 0 Å². The van der Waals surface area contributed by atoms with E-state index in [1.165, 1.54) is 0 Å². The summed E-state index contributed by atoms with van der Waals surface area (Å²) in [5.41, 5.74) is 2.58. The maximum atomic E-state index is 13.2. The molecule has 2 aliphatic rings. The zero-order valence-corrected chi connectivity index (χ0v) is 17.8. The van der Waals surface area contributed by atoms with Gasteiger partial charge in [-0.3, -0.25) is 9.69 Å². The average Bonchev–Trinajstić information content (AvgIpc) is 3.55. The maximum absolute atomic E-state index is 13.2. The Morgan fingerprint density at radius 2 is 1.77 bits per heavy atom. The molecule has 155 valence electrons. The van der Waals surface area contributed by atoms with E-state index in [0.717, 1.165) is 49.8 Å². The fourth-order valence-corrected chi connectivity index (χ4v) is 4.26. The van der Waals surface area contributed by atoms with Gasteiger partial charge in [-0.05, 0) is 67.6 Å². The van der Waals surface area contributed by atoms with Crippen molar-refractivity contribution in [3.05, 3.63) is 70.8 Å². The van der Waals surface area contributed by atoms with Gasteiger partial charge >= 0.3 is 5.97 Å². The van der Waals surface area contributed by atoms with E-state index < -0.39 is 5.97 Å². The fourth-order valence-electron chi connectivity index (χ4n) is 4.26. The Kier molecular flexibility index (Phi) is 7.23. The van der Waals surface area contributed by atoms with Crippen molar-refractivity contribution in [2.75, 3.05) is 6.54 Å². The number of amides is 1. The van der Waals surface area contributed by atoms with Gasteiger partial charge in [-0.15, -0.1) is 0 Å². The second-order valence-electron chi connectivity index (χ2n) is 8.24. The van der Waals surface area contributed by atoms with Crippen LogP contribution in [0.1, 0.15) is 59.2 Å². The minimum atomic E-state index is -0.948. The van der Waals surface area contributed by atoms with E-state index in [4.69, 9.17) is 10.4 Å². The molecule has 2 fully saturated rings. The van der Waals surface area contributed by atoms with Gasteiger partial charge in [0.2, 0.25) is 5.91 Å². The third-order valence-corrected chi connectivity index (χ3v) is 6.18. The monoisotopic (exact) mass is 410 g/mol. The summed E-state index contributed by atoms with van der Waals surface area (Å²) < 4.78 is 0. The van der Waals surface area contributed by atoms with E-state index in [1.807, 2.05) is 36.4 Å². The van der Waals surface area contributed by atoms with E-state index in [1.54, 1.807) is 12.1 Å². The molecule has 2 N–H and O–H groups in total. The number of hydrogen-bond donors (Lipinski definition) is 2. The largest absolute Gasteiger partial charge is 0.478 e. The minimum Gasteiger partial charge on any atom is -0.478 e. The van der Waals surface area contributed by atoms with Crippen LogP contribution >= 0.6 is 0 Å². The zero-order valence-electron chi connectivity index (χ0n) is 17.8. The Balaban J connectivity index is 0.00000272. The number of carboxylic acid groups (broad SMARTS) is 1. The van der Waals surface area contributed by atoms with Gasteiger partial charge in [0.15, 0.2) is 0 Å². The third kappa shape index (κ3) is 5.19. The quantitative estimate of drug-likeness (QED) is 0.714. The second kappa shape index (κ2) is 9.70. The molecule has 0 unspecified atom stereocenters. The van der Waals surface area contributed by atoms with E-state index >= 15 is 0 Å². The molecule has 6 nitrogen and oxygen atoms in total. The topological polar surface area (TPSA) is 93.4 Å². The first-order valence-electron chi connectivity index (χ1n) is 10.4. The summed E-state index contributed by atoms with van der Waals surface area (Å²) in [5, 5.41) is 21.3. The first kappa shape index (κ1) is 23.1. The SMILES string of the molecule is N#Cc1ccc(CN2CCCC[C@@H]2C(=O)NC2(c3ccc(C(=O)O)cc3)CC2)cc1.[Li]. The van der Waals surface area contributed by atoms with Gasteiger partial charge in [-0.2, -0.15) is 5.26 Å². The number of piperidine rings is 1. The van der Waals surface area contributed by atoms with E-state index in [2.05, 4.69) is 16.3 Å². The summed E-state index contributed by atoms with van der Waals surface area (Å²) in [5.74, 6) is -0.903. The van der Waals surface area contributed by atoms with Crippen molar-refractivity contribution in [1.82, 2.24) is 10.2 Å². The van der Waals surface area contributed by atoms with Crippen LogP contribution in [0.3, 0.4) is 0 Å². The molecule has 1 aliphatic carbocycles. The summed E-state index contributed by atoms with van der Waals surface area (Å²) in [6.07, 6.45) is 4.67. The smallest absolute Gasteiger partial charge is 0.335 e. The fraction of sp³-hybridized carbons (Fsp3) is 0.375. The molecule has 1 amide bonds. The van der Waals surface area contributed by atoms with Crippen LogP contribution in [0.25, 0.3) is 0 Å². The summed E-state index contributed by atoms with van der Waals surface area (Å²) in [6.45, 7) is 1.56. The minimum absolute atomic E-state index is 0. The van der Waals surface area contributed by atoms with Crippen molar-refractivity contribution >= 4 is 30.7 Å². The normalized spacial score (nSPS) is 19.5. The number of benzene rings is 2. The first-order valence-corrected chi connectivity index (χ1v) is 10.4. The van der Waals surface area contributed by atoms with Crippen LogP contribution < -0.4 is 5.32 Å². The number of likely N-dealkylation sites (tertiary alicyclic amines) is 1. The number of hydrogen-bond acceptors (Lipinski definition) is 4. The number of carboxylic acids is 1. The maximum Gasteiger partial charge on any atom is 0.335 e. The molecule has 1 radical (unpaired) electrons. The molecule has 0 aromatic heterocycles. The van der Waals surface area contributed by atoms with Crippen LogP contribution in [0.5, 0.6) is 0 Å². The van der Waals surface area contributed by atoms with Crippen LogP contribution in [-0.4, -0.2) is 53.3 Å². The van der Waals surface area contributed by atoms with Gasteiger partial charge in [0, 0.05) is 25.4 Å². The van der Waals surface area contributed by atoms with Crippen molar-refractivity contribution in [2.24, 2.45) is 0 Å². The van der Waals surface area contributed by atoms with Gasteiger partial charge in [-0.25, -0.2) is 4.79 Å². The average molecular weight is 410 g/mol. The van der Waals surface area contributed by atoms with Crippen LogP contribution in [0.15, 0.2) is 48.5 Å².